The number of benzene rings is 1. The van der Waals surface area contributed by atoms with Crippen LogP contribution in [0.25, 0.3) is 10.9 Å². The molecule has 8 amide bonds. The second-order valence-electron chi connectivity index (χ2n) is 11.9. The number of primary amides is 2. The zero-order chi connectivity index (χ0) is 40.0. The Bertz CT molecular complexity index is 1700. The van der Waals surface area contributed by atoms with Crippen LogP contribution in [-0.2, 0) is 49.6 Å². The Balaban J connectivity index is 2.22. The second-order valence-corrected chi connectivity index (χ2v) is 11.9. The fraction of sp³-hybridized carbons (Fsp3) is 0.452. The van der Waals surface area contributed by atoms with Gasteiger partial charge >= 0.3 is 5.97 Å². The summed E-state index contributed by atoms with van der Waals surface area (Å²) in [6.07, 6.45) is -1.69. The van der Waals surface area contributed by atoms with Crippen LogP contribution in [0.3, 0.4) is 0 Å². The van der Waals surface area contributed by atoms with Gasteiger partial charge in [-0.1, -0.05) is 18.2 Å². The molecule has 0 unspecified atom stereocenters. The Morgan fingerprint density at radius 1 is 0.717 bits per heavy atom. The van der Waals surface area contributed by atoms with Gasteiger partial charge in [-0.2, -0.15) is 0 Å². The van der Waals surface area contributed by atoms with Crippen molar-refractivity contribution in [1.29, 1.82) is 0 Å². The number of nitrogens with two attached hydrogens (primary N) is 3. The Morgan fingerprint density at radius 3 is 1.83 bits per heavy atom. The maximum atomic E-state index is 13.5. The summed E-state index contributed by atoms with van der Waals surface area (Å²) in [6, 6.07) is -2.79. The average molecular weight is 749 g/mol. The van der Waals surface area contributed by atoms with Crippen molar-refractivity contribution < 1.29 is 58.5 Å². The topological polar surface area (TPSA) is 380 Å². The van der Waals surface area contributed by atoms with Gasteiger partial charge in [-0.15, -0.1) is 0 Å². The molecule has 1 aromatic carbocycles. The number of carbonyl (C=O) groups is 9. The SMILES string of the molecule is C[C@H](NC(=O)[C@H](CO)NC(=O)[C@H](CC(N)=O)NC(=O)CN)C(=O)N[C@H](C(=O)N[C@@H](Cc1c[nH]c2ccccc12)C(=O)N[C@@H](CC(N)=O)C(=O)O)[C@@H](C)O. The van der Waals surface area contributed by atoms with Crippen molar-refractivity contribution in [3.05, 3.63) is 36.0 Å². The summed E-state index contributed by atoms with van der Waals surface area (Å²) in [6.45, 7) is 0.764. The molecule has 290 valence electrons. The first-order chi connectivity index (χ1) is 24.9. The van der Waals surface area contributed by atoms with Crippen LogP contribution in [0.5, 0.6) is 0 Å². The Labute approximate surface area is 301 Å². The minimum Gasteiger partial charge on any atom is -0.480 e. The lowest BCUT2D eigenvalue weighted by Crippen LogP contribution is -2.61. The Kier molecular flexibility index (Phi) is 16.3. The molecule has 53 heavy (non-hydrogen) atoms. The zero-order valence-corrected chi connectivity index (χ0v) is 28.7. The highest BCUT2D eigenvalue weighted by atomic mass is 16.4. The quantitative estimate of drug-likeness (QED) is 0.0566. The molecule has 1 heterocycles. The number of para-hydroxylation sites is 1. The highest BCUT2D eigenvalue weighted by Crippen LogP contribution is 2.19. The molecular weight excluding hydrogens is 704 g/mol. The number of rotatable bonds is 21. The molecule has 22 heteroatoms. The smallest absolute Gasteiger partial charge is 0.326 e. The third kappa shape index (κ3) is 13.2. The van der Waals surface area contributed by atoms with Gasteiger partial charge in [0.2, 0.25) is 47.3 Å². The van der Waals surface area contributed by atoms with Crippen molar-refractivity contribution in [3.63, 3.8) is 0 Å². The number of aromatic nitrogens is 1. The first kappa shape index (κ1) is 43.0. The number of fused-ring (bicyclic) bond motifs is 1. The van der Waals surface area contributed by atoms with Gasteiger partial charge < -0.3 is 69.4 Å². The molecule has 0 saturated heterocycles. The lowest BCUT2D eigenvalue weighted by Gasteiger charge is -2.27. The predicted molar refractivity (Wildman–Crippen MR) is 182 cm³/mol. The lowest BCUT2D eigenvalue weighted by atomic mass is 10.0. The van der Waals surface area contributed by atoms with E-state index in [9.17, 15) is 58.5 Å². The highest BCUT2D eigenvalue weighted by Gasteiger charge is 2.34. The maximum absolute atomic E-state index is 13.5. The van der Waals surface area contributed by atoms with Crippen LogP contribution >= 0.6 is 0 Å². The number of nitrogens with one attached hydrogen (secondary N) is 7. The van der Waals surface area contributed by atoms with E-state index >= 15 is 0 Å². The summed E-state index contributed by atoms with van der Waals surface area (Å²) in [5, 5.41) is 43.6. The summed E-state index contributed by atoms with van der Waals surface area (Å²) in [4.78, 5) is 115. The van der Waals surface area contributed by atoms with Crippen LogP contribution in [0.1, 0.15) is 32.3 Å². The number of aliphatic hydroxyl groups is 2. The van der Waals surface area contributed by atoms with Crippen LogP contribution in [0.4, 0.5) is 0 Å². The van der Waals surface area contributed by atoms with E-state index in [1.807, 2.05) is 0 Å². The van der Waals surface area contributed by atoms with E-state index < -0.39 is 122 Å². The van der Waals surface area contributed by atoms with Gasteiger partial charge in [0.15, 0.2) is 0 Å². The Morgan fingerprint density at radius 2 is 1.26 bits per heavy atom. The van der Waals surface area contributed by atoms with Gasteiger partial charge in [-0.05, 0) is 25.5 Å². The number of aliphatic carboxylic acids is 1. The summed E-state index contributed by atoms with van der Waals surface area (Å²) >= 11 is 0. The van der Waals surface area contributed by atoms with Crippen LogP contribution in [0.15, 0.2) is 30.5 Å². The van der Waals surface area contributed by atoms with E-state index in [1.54, 1.807) is 30.5 Å². The van der Waals surface area contributed by atoms with Gasteiger partial charge in [0.25, 0.3) is 0 Å². The molecule has 2 rings (SSSR count). The van der Waals surface area contributed by atoms with E-state index in [0.717, 1.165) is 13.8 Å². The van der Waals surface area contributed by atoms with Crippen LogP contribution in [-0.4, -0.2) is 129 Å². The maximum Gasteiger partial charge on any atom is 0.326 e. The Hall–Kier alpha value is -6.13. The fourth-order valence-electron chi connectivity index (χ4n) is 4.86. The molecule has 0 aliphatic heterocycles. The molecule has 1 aromatic heterocycles. The first-order valence-corrected chi connectivity index (χ1v) is 16.0. The molecular formula is C31H44N10O12. The third-order valence-corrected chi connectivity index (χ3v) is 7.62. The summed E-state index contributed by atoms with van der Waals surface area (Å²) < 4.78 is 0. The van der Waals surface area contributed by atoms with Gasteiger partial charge in [0.1, 0.15) is 36.3 Å². The van der Waals surface area contributed by atoms with Crippen molar-refractivity contribution in [1.82, 2.24) is 36.9 Å². The third-order valence-electron chi connectivity index (χ3n) is 7.62. The van der Waals surface area contributed by atoms with Crippen molar-refractivity contribution in [3.8, 4) is 0 Å². The first-order valence-electron chi connectivity index (χ1n) is 16.0. The van der Waals surface area contributed by atoms with Gasteiger partial charge in [0, 0.05) is 23.5 Å². The van der Waals surface area contributed by atoms with Crippen LogP contribution < -0.4 is 49.1 Å². The average Bonchev–Trinajstić information content (AvgIpc) is 3.49. The van der Waals surface area contributed by atoms with Crippen molar-refractivity contribution >= 4 is 64.1 Å². The summed E-state index contributed by atoms with van der Waals surface area (Å²) in [5.74, 6) is -9.78. The van der Waals surface area contributed by atoms with E-state index in [0.29, 0.717) is 16.5 Å². The molecule has 2 aromatic rings. The van der Waals surface area contributed by atoms with Crippen LogP contribution in [0.2, 0.25) is 0 Å². The molecule has 0 aliphatic rings. The molecule has 0 radical (unpaired) electrons. The normalized spacial score (nSPS) is 14.9. The van der Waals surface area contributed by atoms with Gasteiger partial charge in [-0.25, -0.2) is 4.79 Å². The predicted octanol–water partition coefficient (Wildman–Crippen LogP) is -6.19. The largest absolute Gasteiger partial charge is 0.480 e. The fourth-order valence-corrected chi connectivity index (χ4v) is 4.86. The number of hydrogen-bond donors (Lipinski definition) is 13. The van der Waals surface area contributed by atoms with Crippen molar-refractivity contribution in [2.45, 2.75) is 75.5 Å². The van der Waals surface area contributed by atoms with E-state index in [1.165, 1.54) is 0 Å². The lowest BCUT2D eigenvalue weighted by molar-refractivity contribution is -0.144. The standard InChI is InChI=1S/C31H44N10O12/c1-13(36-29(50)21(12-42)40-28(49)19(8-22(33)44)37-24(46)10-32)26(47)41-25(14(2)43)30(51)38-18(27(48)39-20(31(52)53)9-23(34)45)7-15-11-35-17-6-4-3-5-16(15)17/h3-6,11,13-14,18-21,25,35,42-43H,7-10,12,32H2,1-2H3,(H2,33,44)(H2,34,45)(H,36,50)(H,37,46)(H,38,51)(H,39,48)(H,40,49)(H,41,47)(H,52,53)/t13-,14+,18-,19-,20-,21-,25-/m0/s1. The molecule has 0 fully saturated rings. The number of aliphatic hydroxyl groups excluding tert-OH is 2. The molecule has 16 N–H and O–H groups in total. The molecule has 7 atom stereocenters. The number of H-pyrrole nitrogens is 1. The number of amides is 8. The van der Waals surface area contributed by atoms with E-state index in [4.69, 9.17) is 17.2 Å². The van der Waals surface area contributed by atoms with E-state index in [-0.39, 0.29) is 6.42 Å². The number of hydrogen-bond acceptors (Lipinski definition) is 12. The molecule has 0 saturated carbocycles. The van der Waals surface area contributed by atoms with E-state index in [2.05, 4.69) is 36.9 Å². The van der Waals surface area contributed by atoms with Crippen LogP contribution in [0, 0.1) is 0 Å². The van der Waals surface area contributed by atoms with Gasteiger partial charge in [-0.3, -0.25) is 38.4 Å². The minimum absolute atomic E-state index is 0.220. The monoisotopic (exact) mass is 748 g/mol. The van der Waals surface area contributed by atoms with Crippen molar-refractivity contribution in [2.75, 3.05) is 13.2 Å². The summed E-state index contributed by atoms with van der Waals surface area (Å²) in [5.41, 5.74) is 16.6. The molecule has 22 nitrogen and oxygen atoms in total. The number of carbonyl (C=O) groups excluding carboxylic acids is 8. The number of carboxylic acid groups (broad SMARTS) is 1. The molecule has 0 spiro atoms. The molecule has 0 bridgehead atoms. The second kappa shape index (κ2) is 20.0. The van der Waals surface area contributed by atoms with Gasteiger partial charge in [0.05, 0.1) is 32.1 Å². The zero-order valence-electron chi connectivity index (χ0n) is 28.7. The number of carboxylic acids is 1. The number of aromatic amines is 1. The molecule has 0 aliphatic carbocycles. The highest BCUT2D eigenvalue weighted by molar-refractivity contribution is 5.98. The summed E-state index contributed by atoms with van der Waals surface area (Å²) in [7, 11) is 0. The van der Waals surface area contributed by atoms with Crippen molar-refractivity contribution in [2.24, 2.45) is 17.2 Å². The minimum atomic E-state index is -1.75.